The number of hydrogen-bond acceptors (Lipinski definition) is 5. The van der Waals surface area contributed by atoms with Gasteiger partial charge in [-0.25, -0.2) is 0 Å². The van der Waals surface area contributed by atoms with Gasteiger partial charge in [0.15, 0.2) is 0 Å². The van der Waals surface area contributed by atoms with Crippen LogP contribution in [-0.4, -0.2) is 25.0 Å². The Kier molecular flexibility index (Phi) is 4.55. The molecule has 1 heterocycles. The molecule has 1 N–H and O–H groups in total. The second-order valence-corrected chi connectivity index (χ2v) is 4.30. The minimum Gasteiger partial charge on any atom is -0.360 e. The highest BCUT2D eigenvalue weighted by Crippen LogP contribution is 2.12. The van der Waals surface area contributed by atoms with Gasteiger partial charge in [-0.1, -0.05) is 18.7 Å². The van der Waals surface area contributed by atoms with Crippen molar-refractivity contribution in [1.29, 1.82) is 0 Å². The molecule has 0 unspecified atom stereocenters. The van der Waals surface area contributed by atoms with Crippen LogP contribution in [0.1, 0.15) is 18.9 Å². The van der Waals surface area contributed by atoms with E-state index in [1.54, 1.807) is 0 Å². The lowest BCUT2D eigenvalue weighted by Crippen LogP contribution is -2.05. The molecule has 0 saturated heterocycles. The fourth-order valence-corrected chi connectivity index (χ4v) is 1.66. The summed E-state index contributed by atoms with van der Waals surface area (Å²) in [5.41, 5.74) is 3.74. The van der Waals surface area contributed by atoms with Crippen molar-refractivity contribution in [2.75, 3.05) is 18.4 Å². The van der Waals surface area contributed by atoms with Crippen molar-refractivity contribution in [3.05, 3.63) is 42.1 Å². The molecule has 0 saturated carbocycles. The van der Waals surface area contributed by atoms with Crippen LogP contribution in [-0.2, 0) is 0 Å². The molecular formula is C14H17N5. The highest BCUT2D eigenvalue weighted by molar-refractivity contribution is 6.02. The lowest BCUT2D eigenvalue weighted by molar-refractivity contribution is 0.902. The molecule has 98 valence electrons. The maximum absolute atomic E-state index is 4.31. The highest BCUT2D eigenvalue weighted by Gasteiger charge is 2.04. The van der Waals surface area contributed by atoms with E-state index in [1.165, 1.54) is 0 Å². The molecule has 0 bridgehead atoms. The predicted octanol–water partition coefficient (Wildman–Crippen LogP) is 3.26. The van der Waals surface area contributed by atoms with Gasteiger partial charge in [-0.15, -0.1) is 5.10 Å². The molecule has 1 aromatic rings. The van der Waals surface area contributed by atoms with E-state index in [0.29, 0.717) is 13.1 Å². The molecule has 0 aliphatic carbocycles. The van der Waals surface area contributed by atoms with Crippen LogP contribution >= 0.6 is 0 Å². The molecule has 1 aromatic carbocycles. The summed E-state index contributed by atoms with van der Waals surface area (Å²) in [6.45, 7) is 6.91. The summed E-state index contributed by atoms with van der Waals surface area (Å²) in [5.74, 6) is 0. The van der Waals surface area contributed by atoms with E-state index in [9.17, 15) is 0 Å². The van der Waals surface area contributed by atoms with Gasteiger partial charge in [0.05, 0.1) is 18.8 Å². The van der Waals surface area contributed by atoms with Crippen molar-refractivity contribution in [1.82, 2.24) is 0 Å². The number of rotatable bonds is 3. The molecule has 19 heavy (non-hydrogen) atoms. The monoisotopic (exact) mass is 255 g/mol. The number of nitrogens with one attached hydrogen (secondary N) is 1. The smallest absolute Gasteiger partial charge is 0.0934 e. The molecule has 5 heteroatoms. The van der Waals surface area contributed by atoms with Crippen molar-refractivity contribution < 1.29 is 0 Å². The Morgan fingerprint density at radius 2 is 2.05 bits per heavy atom. The van der Waals surface area contributed by atoms with Crippen LogP contribution in [0.2, 0.25) is 0 Å². The predicted molar refractivity (Wildman–Crippen MR) is 79.1 cm³/mol. The molecular weight excluding hydrogens is 238 g/mol. The molecule has 0 fully saturated rings. The zero-order chi connectivity index (χ0) is 13.5. The number of hydrogen-bond donors (Lipinski definition) is 1. The van der Waals surface area contributed by atoms with Gasteiger partial charge in [-0.2, -0.15) is 5.11 Å². The summed E-state index contributed by atoms with van der Waals surface area (Å²) in [5, 5.41) is 15.1. The standard InChI is InChI=1S/C14H17N5/c1-11(2)17-13-6-4-12(5-7-13)14-10-15-8-3-9-16-19-18-14/h4-8,17H,1,3,9-10H2,2H3/b15-8?,18-14+,19-16?. The molecule has 5 nitrogen and oxygen atoms in total. The van der Waals surface area contributed by atoms with Gasteiger partial charge in [0.2, 0.25) is 0 Å². The molecule has 0 amide bonds. The molecule has 0 spiro atoms. The van der Waals surface area contributed by atoms with Gasteiger partial charge < -0.3 is 5.32 Å². The van der Waals surface area contributed by atoms with Crippen molar-refractivity contribution in [3.63, 3.8) is 0 Å². The summed E-state index contributed by atoms with van der Waals surface area (Å²) in [4.78, 5) is 4.31. The largest absolute Gasteiger partial charge is 0.360 e. The van der Waals surface area contributed by atoms with Gasteiger partial charge in [0.1, 0.15) is 0 Å². The summed E-state index contributed by atoms with van der Waals surface area (Å²) in [7, 11) is 0. The Hall–Kier alpha value is -2.30. The third-order valence-corrected chi connectivity index (χ3v) is 2.53. The second-order valence-electron chi connectivity index (χ2n) is 4.30. The van der Waals surface area contributed by atoms with Crippen LogP contribution in [0.5, 0.6) is 0 Å². The Bertz CT molecular complexity index is 525. The van der Waals surface area contributed by atoms with E-state index in [-0.39, 0.29) is 0 Å². The van der Waals surface area contributed by atoms with Crippen molar-refractivity contribution in [2.24, 2.45) is 20.4 Å². The first-order chi connectivity index (χ1) is 9.25. The fraction of sp³-hybridized carbons (Fsp3) is 0.286. The van der Waals surface area contributed by atoms with Gasteiger partial charge in [0, 0.05) is 24.0 Å². The number of anilines is 1. The van der Waals surface area contributed by atoms with E-state index in [0.717, 1.165) is 29.1 Å². The first kappa shape index (κ1) is 13.1. The number of nitrogens with zero attached hydrogens (tertiary/aromatic N) is 4. The Balaban J connectivity index is 2.17. The molecule has 1 aliphatic heterocycles. The normalized spacial score (nSPS) is 17.8. The number of benzene rings is 1. The Morgan fingerprint density at radius 3 is 2.79 bits per heavy atom. The van der Waals surface area contributed by atoms with E-state index in [1.807, 2.05) is 37.4 Å². The molecule has 0 aromatic heterocycles. The van der Waals surface area contributed by atoms with Gasteiger partial charge in [0.25, 0.3) is 0 Å². The quantitative estimate of drug-likeness (QED) is 0.885. The SMILES string of the molecule is C=C(C)Nc1ccc(/C2=N/N=NCCC=NC2)cc1. The minimum atomic E-state index is 0.534. The van der Waals surface area contributed by atoms with Crippen LogP contribution in [0.3, 0.4) is 0 Å². The number of aliphatic imine (C=N–C) groups is 1. The molecule has 1 aliphatic rings. The summed E-state index contributed by atoms with van der Waals surface area (Å²) in [6, 6.07) is 7.96. The van der Waals surface area contributed by atoms with Gasteiger partial charge in [-0.05, 0) is 29.8 Å². The summed E-state index contributed by atoms with van der Waals surface area (Å²) >= 11 is 0. The third-order valence-electron chi connectivity index (χ3n) is 2.53. The van der Waals surface area contributed by atoms with Crippen molar-refractivity contribution in [2.45, 2.75) is 13.3 Å². The first-order valence-electron chi connectivity index (χ1n) is 6.20. The average molecular weight is 255 g/mol. The lowest BCUT2D eigenvalue weighted by atomic mass is 10.1. The zero-order valence-electron chi connectivity index (χ0n) is 11.0. The second kappa shape index (κ2) is 6.58. The van der Waals surface area contributed by atoms with E-state index in [2.05, 4.69) is 32.3 Å². The summed E-state index contributed by atoms with van der Waals surface area (Å²) < 4.78 is 0. The van der Waals surface area contributed by atoms with Crippen molar-refractivity contribution in [3.8, 4) is 0 Å². The molecule has 0 atom stereocenters. The topological polar surface area (TPSA) is 61.5 Å². The Labute approximate surface area is 112 Å². The van der Waals surface area contributed by atoms with Crippen LogP contribution in [0, 0.1) is 0 Å². The van der Waals surface area contributed by atoms with Gasteiger partial charge >= 0.3 is 0 Å². The van der Waals surface area contributed by atoms with Crippen LogP contribution in [0.15, 0.2) is 57.0 Å². The maximum Gasteiger partial charge on any atom is 0.0934 e. The van der Waals surface area contributed by atoms with E-state index in [4.69, 9.17) is 0 Å². The van der Waals surface area contributed by atoms with Gasteiger partial charge in [-0.3, -0.25) is 4.99 Å². The zero-order valence-corrected chi connectivity index (χ0v) is 11.0. The highest BCUT2D eigenvalue weighted by atomic mass is 15.4. The Morgan fingerprint density at radius 1 is 1.26 bits per heavy atom. The molecule has 2 rings (SSSR count). The number of allylic oxidation sites excluding steroid dienone is 1. The first-order valence-corrected chi connectivity index (χ1v) is 6.20. The maximum atomic E-state index is 4.31. The summed E-state index contributed by atoms with van der Waals surface area (Å²) in [6.07, 6.45) is 2.69. The third kappa shape index (κ3) is 4.13. The van der Waals surface area contributed by atoms with Crippen molar-refractivity contribution >= 4 is 17.6 Å². The average Bonchev–Trinajstić information content (AvgIpc) is 2.52. The van der Waals surface area contributed by atoms with Crippen LogP contribution < -0.4 is 5.32 Å². The van der Waals surface area contributed by atoms with E-state index >= 15 is 0 Å². The molecule has 0 radical (unpaired) electrons. The lowest BCUT2D eigenvalue weighted by Gasteiger charge is -2.06. The van der Waals surface area contributed by atoms with Crippen LogP contribution in [0.25, 0.3) is 0 Å². The van der Waals surface area contributed by atoms with E-state index < -0.39 is 0 Å². The fourth-order valence-electron chi connectivity index (χ4n) is 1.66. The minimum absolute atomic E-state index is 0.534. The van der Waals surface area contributed by atoms with Crippen LogP contribution in [0.4, 0.5) is 5.69 Å².